The zero-order valence-corrected chi connectivity index (χ0v) is 12.9. The van der Waals surface area contributed by atoms with E-state index < -0.39 is 41.5 Å². The van der Waals surface area contributed by atoms with Crippen molar-refractivity contribution >= 4 is 17.6 Å². The van der Waals surface area contributed by atoms with Gasteiger partial charge < -0.3 is 4.90 Å². The number of hydrogen-bond donors (Lipinski definition) is 0. The normalized spacial score (nSPS) is 23.3. The fourth-order valence-corrected chi connectivity index (χ4v) is 3.26. The van der Waals surface area contributed by atoms with E-state index in [0.717, 1.165) is 21.7 Å². The minimum Gasteiger partial charge on any atom is -0.309 e. The van der Waals surface area contributed by atoms with Crippen LogP contribution >= 0.6 is 0 Å². The summed E-state index contributed by atoms with van der Waals surface area (Å²) in [6.45, 7) is -0.137. The lowest BCUT2D eigenvalue weighted by atomic mass is 10.0. The molecule has 2 saturated heterocycles. The van der Waals surface area contributed by atoms with Gasteiger partial charge in [-0.15, -0.1) is 0 Å². The van der Waals surface area contributed by atoms with Crippen molar-refractivity contribution in [1.82, 2.24) is 14.7 Å². The Morgan fingerprint density at radius 3 is 2.56 bits per heavy atom. The van der Waals surface area contributed by atoms with Crippen LogP contribution in [0, 0.1) is 11.6 Å². The molecule has 1 aromatic heterocycles. The summed E-state index contributed by atoms with van der Waals surface area (Å²) in [4.78, 5) is 27.0. The number of piperidine rings is 1. The van der Waals surface area contributed by atoms with Crippen molar-refractivity contribution in [2.75, 3.05) is 11.4 Å². The number of urea groups is 1. The lowest BCUT2D eigenvalue weighted by molar-refractivity contribution is -0.120. The number of carbonyl (C=O) groups excluding carboxylic acids is 2. The fourth-order valence-electron chi connectivity index (χ4n) is 3.26. The molecule has 2 aliphatic rings. The topological polar surface area (TPSA) is 58.4 Å². The maximum Gasteiger partial charge on any atom is 0.332 e. The minimum atomic E-state index is -1.16. The molecule has 2 fully saturated rings. The average molecular weight is 350 g/mol. The first-order valence-corrected chi connectivity index (χ1v) is 7.75. The molecule has 0 saturated carbocycles. The Kier molecular flexibility index (Phi) is 3.52. The maximum atomic E-state index is 13.9. The van der Waals surface area contributed by atoms with Gasteiger partial charge in [0.1, 0.15) is 17.9 Å². The Balaban J connectivity index is 1.69. The summed E-state index contributed by atoms with van der Waals surface area (Å²) < 4.78 is 42.2. The Morgan fingerprint density at radius 2 is 1.84 bits per heavy atom. The number of benzene rings is 1. The third-order valence-electron chi connectivity index (χ3n) is 4.46. The second-order valence-corrected chi connectivity index (χ2v) is 6.01. The Bertz CT molecular complexity index is 849. The second kappa shape index (κ2) is 5.61. The van der Waals surface area contributed by atoms with E-state index in [9.17, 15) is 22.8 Å². The van der Waals surface area contributed by atoms with E-state index in [-0.39, 0.29) is 25.1 Å². The monoisotopic (exact) mass is 350 g/mol. The molecule has 6 nitrogen and oxygen atoms in total. The molecule has 9 heteroatoms. The van der Waals surface area contributed by atoms with Crippen LogP contribution in [-0.2, 0) is 4.79 Å². The smallest absolute Gasteiger partial charge is 0.309 e. The highest BCUT2D eigenvalue weighted by atomic mass is 19.1. The number of carbonyl (C=O) groups is 2. The molecule has 25 heavy (non-hydrogen) atoms. The maximum absolute atomic E-state index is 13.9. The minimum absolute atomic E-state index is 0.0856. The zero-order valence-electron chi connectivity index (χ0n) is 12.9. The van der Waals surface area contributed by atoms with Gasteiger partial charge in [-0.3, -0.25) is 4.79 Å². The van der Waals surface area contributed by atoms with Crippen LogP contribution in [-0.4, -0.2) is 45.4 Å². The van der Waals surface area contributed by atoms with Crippen molar-refractivity contribution in [2.45, 2.75) is 25.1 Å². The Labute approximate surface area is 140 Å². The lowest BCUT2D eigenvalue weighted by Crippen LogP contribution is -2.43. The number of imide groups is 1. The molecule has 0 radical (unpaired) electrons. The van der Waals surface area contributed by atoms with E-state index in [4.69, 9.17) is 0 Å². The number of amides is 3. The summed E-state index contributed by atoms with van der Waals surface area (Å²) in [5.74, 6) is -2.14. The molecule has 2 aromatic rings. The molecule has 4 rings (SSSR count). The number of hydrogen-bond acceptors (Lipinski definition) is 3. The number of anilines is 1. The number of nitrogens with zero attached hydrogens (tertiary/aromatic N) is 4. The van der Waals surface area contributed by atoms with E-state index in [1.165, 1.54) is 23.4 Å². The lowest BCUT2D eigenvalue weighted by Gasteiger charge is -2.28. The van der Waals surface area contributed by atoms with Crippen molar-refractivity contribution in [2.24, 2.45) is 0 Å². The quantitative estimate of drug-likeness (QED) is 0.782. The van der Waals surface area contributed by atoms with Crippen LogP contribution in [0.5, 0.6) is 0 Å². The molecule has 1 aromatic carbocycles. The third kappa shape index (κ3) is 2.38. The number of aromatic nitrogens is 2. The molecule has 3 amide bonds. The molecule has 3 heterocycles. The number of halogens is 3. The SMILES string of the molecule is O=C1C2CCC(F)CN2C(=O)N1c1cnn(-c2c(F)cccc2F)c1. The van der Waals surface area contributed by atoms with Gasteiger partial charge in [-0.05, 0) is 25.0 Å². The van der Waals surface area contributed by atoms with Crippen LogP contribution in [0.15, 0.2) is 30.6 Å². The van der Waals surface area contributed by atoms with Crippen molar-refractivity contribution in [3.63, 3.8) is 0 Å². The number of para-hydroxylation sites is 1. The molecule has 2 aliphatic heterocycles. The van der Waals surface area contributed by atoms with E-state index >= 15 is 0 Å². The van der Waals surface area contributed by atoms with Gasteiger partial charge in [-0.1, -0.05) is 6.07 Å². The predicted octanol–water partition coefficient (Wildman–Crippen LogP) is 2.42. The molecular weight excluding hydrogens is 337 g/mol. The molecular formula is C16H13F3N4O2. The van der Waals surface area contributed by atoms with E-state index in [1.807, 2.05) is 0 Å². The first-order chi connectivity index (χ1) is 12.0. The number of alkyl halides is 1. The summed E-state index contributed by atoms with van der Waals surface area (Å²) in [6.07, 6.45) is 1.67. The number of rotatable bonds is 2. The highest BCUT2D eigenvalue weighted by Crippen LogP contribution is 2.32. The molecule has 2 atom stereocenters. The summed E-state index contributed by atoms with van der Waals surface area (Å²) in [6, 6.07) is 2.03. The highest BCUT2D eigenvalue weighted by Gasteiger charge is 2.49. The van der Waals surface area contributed by atoms with Crippen LogP contribution in [0.25, 0.3) is 5.69 Å². The van der Waals surface area contributed by atoms with Crippen LogP contribution in [0.3, 0.4) is 0 Å². The summed E-state index contributed by atoms with van der Waals surface area (Å²) >= 11 is 0. The first kappa shape index (κ1) is 15.7. The second-order valence-electron chi connectivity index (χ2n) is 6.01. The zero-order chi connectivity index (χ0) is 17.7. The Morgan fingerprint density at radius 1 is 1.12 bits per heavy atom. The third-order valence-corrected chi connectivity index (χ3v) is 4.46. The van der Waals surface area contributed by atoms with Crippen LogP contribution in [0.2, 0.25) is 0 Å². The fraction of sp³-hybridized carbons (Fsp3) is 0.312. The van der Waals surface area contributed by atoms with Crippen molar-refractivity contribution < 1.29 is 22.8 Å². The standard InChI is InChI=1S/C16H13F3N4O2/c17-9-4-5-13-15(24)23(16(25)21(13)7-9)10-6-20-22(8-10)14-11(18)2-1-3-12(14)19/h1-3,6,8-9,13H,4-5,7H2. The van der Waals surface area contributed by atoms with E-state index in [2.05, 4.69) is 5.10 Å². The first-order valence-electron chi connectivity index (χ1n) is 7.75. The summed E-state index contributed by atoms with van der Waals surface area (Å²) in [5, 5.41) is 3.85. The molecule has 0 N–H and O–H groups in total. The van der Waals surface area contributed by atoms with Gasteiger partial charge in [0, 0.05) is 0 Å². The molecule has 0 bridgehead atoms. The van der Waals surface area contributed by atoms with Gasteiger partial charge in [0.2, 0.25) is 0 Å². The van der Waals surface area contributed by atoms with Crippen molar-refractivity contribution in [3.8, 4) is 5.69 Å². The predicted molar refractivity (Wildman–Crippen MR) is 81.0 cm³/mol. The molecule has 0 spiro atoms. The van der Waals surface area contributed by atoms with E-state index in [0.29, 0.717) is 0 Å². The Hall–Kier alpha value is -2.84. The molecule has 130 valence electrons. The van der Waals surface area contributed by atoms with E-state index in [1.54, 1.807) is 0 Å². The van der Waals surface area contributed by atoms with Gasteiger partial charge in [0.05, 0.1) is 24.6 Å². The highest BCUT2D eigenvalue weighted by molar-refractivity contribution is 6.21. The van der Waals surface area contributed by atoms with Crippen molar-refractivity contribution in [3.05, 3.63) is 42.2 Å². The van der Waals surface area contributed by atoms with Gasteiger partial charge in [0.25, 0.3) is 5.91 Å². The largest absolute Gasteiger partial charge is 0.332 e. The van der Waals surface area contributed by atoms with Crippen LogP contribution in [0.1, 0.15) is 12.8 Å². The van der Waals surface area contributed by atoms with Gasteiger partial charge in [0.15, 0.2) is 11.6 Å². The van der Waals surface area contributed by atoms with Gasteiger partial charge in [-0.2, -0.15) is 5.10 Å². The van der Waals surface area contributed by atoms with Gasteiger partial charge in [-0.25, -0.2) is 27.5 Å². The number of fused-ring (bicyclic) bond motifs is 1. The van der Waals surface area contributed by atoms with Crippen molar-refractivity contribution in [1.29, 1.82) is 0 Å². The van der Waals surface area contributed by atoms with Crippen LogP contribution in [0.4, 0.5) is 23.7 Å². The van der Waals surface area contributed by atoms with Gasteiger partial charge >= 0.3 is 6.03 Å². The summed E-state index contributed by atoms with van der Waals surface area (Å²) in [5.41, 5.74) is -0.322. The molecule has 2 unspecified atom stereocenters. The van der Waals surface area contributed by atoms with Crippen LogP contribution < -0.4 is 4.90 Å². The average Bonchev–Trinajstić information content (AvgIpc) is 3.11. The summed E-state index contributed by atoms with van der Waals surface area (Å²) in [7, 11) is 0. The molecule has 0 aliphatic carbocycles.